The summed E-state index contributed by atoms with van der Waals surface area (Å²) in [4.78, 5) is 16.4. The number of hydrogen-bond acceptors (Lipinski definition) is 4. The summed E-state index contributed by atoms with van der Waals surface area (Å²) in [5.41, 5.74) is 0. The highest BCUT2D eigenvalue weighted by molar-refractivity contribution is 7.15. The molecule has 1 rings (SSSR count). The van der Waals surface area contributed by atoms with Crippen LogP contribution in [-0.2, 0) is 4.79 Å². The predicted molar refractivity (Wildman–Crippen MR) is 58.6 cm³/mol. The highest BCUT2D eigenvalue weighted by Gasteiger charge is 2.01. The molecule has 1 aromatic heterocycles. The van der Waals surface area contributed by atoms with E-state index in [9.17, 15) is 4.79 Å². The second kappa shape index (κ2) is 5.59. The molecule has 0 aliphatic carbocycles. The SMILES string of the molecule is CCCNC(=O)CNc1ncc(C)s1. The molecule has 14 heavy (non-hydrogen) atoms. The van der Waals surface area contributed by atoms with Crippen LogP contribution in [0.1, 0.15) is 18.2 Å². The molecule has 1 amide bonds. The molecule has 0 radical (unpaired) electrons. The van der Waals surface area contributed by atoms with Gasteiger partial charge in [-0.1, -0.05) is 6.92 Å². The van der Waals surface area contributed by atoms with Gasteiger partial charge in [0.05, 0.1) is 6.54 Å². The van der Waals surface area contributed by atoms with Crippen LogP contribution in [0.25, 0.3) is 0 Å². The maximum absolute atomic E-state index is 11.2. The van der Waals surface area contributed by atoms with Crippen molar-refractivity contribution in [3.05, 3.63) is 11.1 Å². The van der Waals surface area contributed by atoms with E-state index in [1.54, 1.807) is 17.5 Å². The molecule has 0 aliphatic heterocycles. The minimum absolute atomic E-state index is 0.0136. The molecule has 0 saturated carbocycles. The van der Waals surface area contributed by atoms with E-state index >= 15 is 0 Å². The molecule has 78 valence electrons. The summed E-state index contributed by atoms with van der Waals surface area (Å²) in [6.07, 6.45) is 2.75. The van der Waals surface area contributed by atoms with E-state index in [4.69, 9.17) is 0 Å². The highest BCUT2D eigenvalue weighted by atomic mass is 32.1. The number of amides is 1. The largest absolute Gasteiger partial charge is 0.355 e. The van der Waals surface area contributed by atoms with Crippen molar-refractivity contribution in [2.24, 2.45) is 0 Å². The van der Waals surface area contributed by atoms with E-state index in [0.29, 0.717) is 6.54 Å². The number of nitrogens with one attached hydrogen (secondary N) is 2. The number of hydrogen-bond donors (Lipinski definition) is 2. The van der Waals surface area contributed by atoms with E-state index < -0.39 is 0 Å². The summed E-state index contributed by atoms with van der Waals surface area (Å²) in [5, 5.41) is 6.55. The second-order valence-electron chi connectivity index (χ2n) is 2.98. The normalized spacial score (nSPS) is 9.86. The van der Waals surface area contributed by atoms with Gasteiger partial charge in [-0.2, -0.15) is 0 Å². The first-order chi connectivity index (χ1) is 6.72. The quantitative estimate of drug-likeness (QED) is 0.777. The molecular formula is C9H15N3OS. The number of aryl methyl sites for hydroxylation is 1. The molecule has 1 heterocycles. The summed E-state index contributed by atoms with van der Waals surface area (Å²) < 4.78 is 0. The first kappa shape index (κ1) is 11.0. The summed E-state index contributed by atoms with van der Waals surface area (Å²) in [5.74, 6) is 0.0136. The fraction of sp³-hybridized carbons (Fsp3) is 0.556. The van der Waals surface area contributed by atoms with Crippen molar-refractivity contribution in [3.63, 3.8) is 0 Å². The first-order valence-corrected chi connectivity index (χ1v) is 5.47. The lowest BCUT2D eigenvalue weighted by Crippen LogP contribution is -2.30. The molecule has 2 N–H and O–H groups in total. The molecule has 0 atom stereocenters. The number of carbonyl (C=O) groups is 1. The summed E-state index contributed by atoms with van der Waals surface area (Å²) in [6, 6.07) is 0. The van der Waals surface area contributed by atoms with Gasteiger partial charge in [0, 0.05) is 17.6 Å². The van der Waals surface area contributed by atoms with Crippen LogP contribution in [0.2, 0.25) is 0 Å². The molecular weight excluding hydrogens is 198 g/mol. The Hall–Kier alpha value is -1.10. The Morgan fingerprint density at radius 3 is 3.00 bits per heavy atom. The highest BCUT2D eigenvalue weighted by Crippen LogP contribution is 2.15. The molecule has 5 heteroatoms. The third kappa shape index (κ3) is 3.74. The maximum Gasteiger partial charge on any atom is 0.239 e. The Labute approximate surface area is 87.7 Å². The average Bonchev–Trinajstić information content (AvgIpc) is 2.58. The van der Waals surface area contributed by atoms with Crippen molar-refractivity contribution in [3.8, 4) is 0 Å². The molecule has 1 aromatic rings. The van der Waals surface area contributed by atoms with Crippen molar-refractivity contribution in [2.75, 3.05) is 18.4 Å². The van der Waals surface area contributed by atoms with Gasteiger partial charge in [-0.25, -0.2) is 4.98 Å². The van der Waals surface area contributed by atoms with Crippen LogP contribution in [-0.4, -0.2) is 24.0 Å². The molecule has 0 unspecified atom stereocenters. The van der Waals surface area contributed by atoms with Crippen molar-refractivity contribution < 1.29 is 4.79 Å². The molecule has 0 aromatic carbocycles. The Balaban J connectivity index is 2.23. The van der Waals surface area contributed by atoms with E-state index in [1.807, 2.05) is 13.8 Å². The van der Waals surface area contributed by atoms with Gasteiger partial charge in [-0.3, -0.25) is 4.79 Å². The van der Waals surface area contributed by atoms with Crippen LogP contribution in [0.5, 0.6) is 0 Å². The summed E-state index contributed by atoms with van der Waals surface area (Å²) >= 11 is 1.55. The van der Waals surface area contributed by atoms with Crippen molar-refractivity contribution in [1.82, 2.24) is 10.3 Å². The number of rotatable bonds is 5. The van der Waals surface area contributed by atoms with Crippen LogP contribution < -0.4 is 10.6 Å². The van der Waals surface area contributed by atoms with E-state index in [-0.39, 0.29) is 5.91 Å². The van der Waals surface area contributed by atoms with Gasteiger partial charge in [0.15, 0.2) is 5.13 Å². The first-order valence-electron chi connectivity index (χ1n) is 4.65. The molecule has 0 spiro atoms. The average molecular weight is 213 g/mol. The summed E-state index contributed by atoms with van der Waals surface area (Å²) in [6.45, 7) is 5.04. The lowest BCUT2D eigenvalue weighted by Gasteiger charge is -2.03. The van der Waals surface area contributed by atoms with Crippen molar-refractivity contribution in [2.45, 2.75) is 20.3 Å². The minimum atomic E-state index is 0.0136. The zero-order chi connectivity index (χ0) is 10.4. The van der Waals surface area contributed by atoms with Crippen molar-refractivity contribution in [1.29, 1.82) is 0 Å². The van der Waals surface area contributed by atoms with Gasteiger partial charge < -0.3 is 10.6 Å². The Morgan fingerprint density at radius 2 is 2.43 bits per heavy atom. The van der Waals surface area contributed by atoms with Crippen LogP contribution in [0, 0.1) is 6.92 Å². The molecule has 4 nitrogen and oxygen atoms in total. The van der Waals surface area contributed by atoms with E-state index in [2.05, 4.69) is 15.6 Å². The number of anilines is 1. The van der Waals surface area contributed by atoms with Crippen LogP contribution in [0.4, 0.5) is 5.13 Å². The van der Waals surface area contributed by atoms with Gasteiger partial charge in [0.25, 0.3) is 0 Å². The van der Waals surface area contributed by atoms with Gasteiger partial charge in [-0.15, -0.1) is 11.3 Å². The molecule has 0 aliphatic rings. The third-order valence-electron chi connectivity index (χ3n) is 1.59. The molecule has 0 saturated heterocycles. The lowest BCUT2D eigenvalue weighted by molar-refractivity contribution is -0.119. The smallest absolute Gasteiger partial charge is 0.239 e. The minimum Gasteiger partial charge on any atom is -0.355 e. The standard InChI is InChI=1S/C9H15N3OS/c1-3-4-10-8(13)6-12-9-11-5-7(2)14-9/h5H,3-4,6H2,1-2H3,(H,10,13)(H,11,12). The number of carbonyl (C=O) groups excluding carboxylic acids is 1. The van der Waals surface area contributed by atoms with Crippen molar-refractivity contribution >= 4 is 22.4 Å². The number of thiazole rings is 1. The monoisotopic (exact) mass is 213 g/mol. The Kier molecular flexibility index (Phi) is 4.39. The van der Waals surface area contributed by atoms with E-state index in [1.165, 1.54) is 0 Å². The topological polar surface area (TPSA) is 54.0 Å². The van der Waals surface area contributed by atoms with Crippen LogP contribution in [0.3, 0.4) is 0 Å². The van der Waals surface area contributed by atoms with Gasteiger partial charge in [0.2, 0.25) is 5.91 Å². The van der Waals surface area contributed by atoms with Crippen LogP contribution >= 0.6 is 11.3 Å². The summed E-state index contributed by atoms with van der Waals surface area (Å²) in [7, 11) is 0. The Bertz CT molecular complexity index is 298. The molecule has 0 fully saturated rings. The zero-order valence-corrected chi connectivity index (χ0v) is 9.28. The number of aromatic nitrogens is 1. The number of nitrogens with zero attached hydrogens (tertiary/aromatic N) is 1. The zero-order valence-electron chi connectivity index (χ0n) is 8.46. The second-order valence-corrected chi connectivity index (χ2v) is 4.21. The maximum atomic E-state index is 11.2. The lowest BCUT2D eigenvalue weighted by atomic mass is 10.4. The van der Waals surface area contributed by atoms with Crippen LogP contribution in [0.15, 0.2) is 6.20 Å². The predicted octanol–water partition coefficient (Wildman–Crippen LogP) is 1.39. The van der Waals surface area contributed by atoms with Gasteiger partial charge in [-0.05, 0) is 13.3 Å². The third-order valence-corrected chi connectivity index (χ3v) is 2.46. The van der Waals surface area contributed by atoms with Gasteiger partial charge in [0.1, 0.15) is 0 Å². The molecule has 0 bridgehead atoms. The fourth-order valence-electron chi connectivity index (χ4n) is 0.919. The fourth-order valence-corrected chi connectivity index (χ4v) is 1.58. The van der Waals surface area contributed by atoms with E-state index in [0.717, 1.165) is 23.0 Å². The van der Waals surface area contributed by atoms with Gasteiger partial charge >= 0.3 is 0 Å². The Morgan fingerprint density at radius 1 is 1.64 bits per heavy atom.